The van der Waals surface area contributed by atoms with Crippen molar-refractivity contribution in [1.82, 2.24) is 4.90 Å². The predicted molar refractivity (Wildman–Crippen MR) is 97.7 cm³/mol. The van der Waals surface area contributed by atoms with Gasteiger partial charge in [-0.2, -0.15) is 0 Å². The van der Waals surface area contributed by atoms with Crippen LogP contribution in [0.25, 0.3) is 0 Å². The summed E-state index contributed by atoms with van der Waals surface area (Å²) in [6.07, 6.45) is 0.463. The van der Waals surface area contributed by atoms with Gasteiger partial charge >= 0.3 is 0 Å². The maximum Gasteiger partial charge on any atom is 0.225 e. The van der Waals surface area contributed by atoms with E-state index in [4.69, 9.17) is 5.73 Å². The van der Waals surface area contributed by atoms with E-state index in [9.17, 15) is 14.0 Å². The molecule has 3 atom stereocenters. The Kier molecular flexibility index (Phi) is 5.35. The molecule has 0 saturated carbocycles. The van der Waals surface area contributed by atoms with Crippen LogP contribution in [0.4, 0.5) is 4.39 Å². The normalized spacial score (nSPS) is 20.8. The van der Waals surface area contributed by atoms with Crippen molar-refractivity contribution in [3.05, 3.63) is 71.5 Å². The Morgan fingerprint density at radius 3 is 2.54 bits per heavy atom. The molecule has 1 unspecified atom stereocenters. The Labute approximate surface area is 152 Å². The smallest absolute Gasteiger partial charge is 0.225 e. The van der Waals surface area contributed by atoms with Crippen LogP contribution in [0.5, 0.6) is 0 Å². The number of halogens is 1. The molecule has 0 spiro atoms. The number of carbonyl (C=O) groups excluding carboxylic acids is 2. The number of nitrogens with two attached hydrogens (primary N) is 1. The molecule has 1 aliphatic rings. The van der Waals surface area contributed by atoms with Crippen molar-refractivity contribution >= 4 is 11.8 Å². The highest BCUT2D eigenvalue weighted by Crippen LogP contribution is 2.33. The minimum Gasteiger partial charge on any atom is -0.369 e. The van der Waals surface area contributed by atoms with E-state index in [-0.39, 0.29) is 35.4 Å². The fourth-order valence-electron chi connectivity index (χ4n) is 3.73. The van der Waals surface area contributed by atoms with Crippen LogP contribution >= 0.6 is 0 Å². The van der Waals surface area contributed by atoms with Crippen molar-refractivity contribution < 1.29 is 14.0 Å². The van der Waals surface area contributed by atoms with Crippen LogP contribution in [-0.2, 0) is 16.0 Å². The number of nitrogens with zero attached hydrogens (tertiary/aromatic N) is 1. The van der Waals surface area contributed by atoms with Gasteiger partial charge in [-0.05, 0) is 29.7 Å². The molecule has 3 rings (SSSR count). The maximum absolute atomic E-state index is 13.4. The molecule has 2 aromatic carbocycles. The first kappa shape index (κ1) is 18.1. The summed E-state index contributed by atoms with van der Waals surface area (Å²) in [6.45, 7) is 2.65. The maximum atomic E-state index is 13.4. The van der Waals surface area contributed by atoms with Crippen LogP contribution in [0, 0.1) is 17.7 Å². The van der Waals surface area contributed by atoms with E-state index < -0.39 is 0 Å². The van der Waals surface area contributed by atoms with Crippen LogP contribution in [0.3, 0.4) is 0 Å². The Balaban J connectivity index is 1.72. The summed E-state index contributed by atoms with van der Waals surface area (Å²) in [6, 6.07) is 16.0. The van der Waals surface area contributed by atoms with Crippen molar-refractivity contribution in [1.29, 1.82) is 0 Å². The van der Waals surface area contributed by atoms with E-state index in [1.807, 2.05) is 43.3 Å². The summed E-state index contributed by atoms with van der Waals surface area (Å²) in [7, 11) is 0. The van der Waals surface area contributed by atoms with Crippen molar-refractivity contribution in [2.45, 2.75) is 19.3 Å². The molecule has 0 radical (unpaired) electrons. The first-order valence-corrected chi connectivity index (χ1v) is 8.83. The van der Waals surface area contributed by atoms with E-state index in [1.165, 1.54) is 12.1 Å². The van der Waals surface area contributed by atoms with E-state index in [0.29, 0.717) is 19.5 Å². The van der Waals surface area contributed by atoms with Crippen LogP contribution in [0.2, 0.25) is 0 Å². The molecule has 5 heteroatoms. The summed E-state index contributed by atoms with van der Waals surface area (Å²) in [5.74, 6) is -1.48. The zero-order valence-electron chi connectivity index (χ0n) is 14.8. The summed E-state index contributed by atoms with van der Waals surface area (Å²) in [5, 5.41) is 0. The molecule has 2 amide bonds. The third-order valence-electron chi connectivity index (χ3n) is 5.08. The monoisotopic (exact) mass is 354 g/mol. The van der Waals surface area contributed by atoms with Gasteiger partial charge < -0.3 is 10.6 Å². The largest absolute Gasteiger partial charge is 0.369 e. The molecular formula is C21H23FN2O2. The molecule has 4 nitrogen and oxygen atoms in total. The molecule has 1 heterocycles. The van der Waals surface area contributed by atoms with Gasteiger partial charge in [-0.3, -0.25) is 9.59 Å². The van der Waals surface area contributed by atoms with Gasteiger partial charge in [0.25, 0.3) is 0 Å². The van der Waals surface area contributed by atoms with Gasteiger partial charge in [-0.25, -0.2) is 4.39 Å². The molecule has 2 N–H and O–H groups in total. The number of hydrogen-bond donors (Lipinski definition) is 1. The van der Waals surface area contributed by atoms with Crippen molar-refractivity contribution in [2.75, 3.05) is 13.1 Å². The number of rotatable bonds is 5. The first-order chi connectivity index (χ1) is 12.5. The first-order valence-electron chi connectivity index (χ1n) is 8.83. The zero-order chi connectivity index (χ0) is 18.7. The van der Waals surface area contributed by atoms with Gasteiger partial charge in [-0.1, -0.05) is 49.4 Å². The number of hydrogen-bond acceptors (Lipinski definition) is 2. The molecule has 0 aliphatic carbocycles. The molecule has 1 fully saturated rings. The second-order valence-electron chi connectivity index (χ2n) is 7.00. The lowest BCUT2D eigenvalue weighted by atomic mass is 9.89. The van der Waals surface area contributed by atoms with Crippen LogP contribution in [0.1, 0.15) is 24.0 Å². The molecule has 136 valence electrons. The zero-order valence-corrected chi connectivity index (χ0v) is 14.8. The predicted octanol–water partition coefficient (Wildman–Crippen LogP) is 2.73. The second kappa shape index (κ2) is 7.68. The Hall–Kier alpha value is -2.69. The highest BCUT2D eigenvalue weighted by Gasteiger charge is 2.40. The summed E-state index contributed by atoms with van der Waals surface area (Å²) in [4.78, 5) is 26.5. The lowest BCUT2D eigenvalue weighted by Gasteiger charge is -2.21. The van der Waals surface area contributed by atoms with Gasteiger partial charge in [0, 0.05) is 24.9 Å². The number of primary amides is 1. The van der Waals surface area contributed by atoms with E-state index in [0.717, 1.165) is 11.1 Å². The van der Waals surface area contributed by atoms with Crippen LogP contribution in [0.15, 0.2) is 54.6 Å². The highest BCUT2D eigenvalue weighted by molar-refractivity contribution is 5.83. The third-order valence-corrected chi connectivity index (χ3v) is 5.08. The number of carbonyl (C=O) groups is 2. The molecule has 0 bridgehead atoms. The Morgan fingerprint density at radius 1 is 1.15 bits per heavy atom. The molecule has 1 saturated heterocycles. The Bertz CT molecular complexity index is 794. The van der Waals surface area contributed by atoms with Crippen molar-refractivity contribution in [2.24, 2.45) is 17.6 Å². The standard InChI is InChI=1S/C21H23FN2O2/c1-14(10-15-6-5-9-17(22)11-15)21(26)24-12-18(19(13-24)20(23)25)16-7-3-2-4-8-16/h2-9,11,14,18-19H,10,12-13H2,1H3,(H2,23,25)/t14?,18-,19+/m1/s1. The minimum absolute atomic E-state index is 0.0288. The SMILES string of the molecule is CC(Cc1cccc(F)c1)C(=O)N1C[C@H](C(N)=O)[C@@H](c2ccccc2)C1. The van der Waals surface area contributed by atoms with E-state index in [1.54, 1.807) is 11.0 Å². The minimum atomic E-state index is -0.386. The summed E-state index contributed by atoms with van der Waals surface area (Å²) in [5.41, 5.74) is 7.39. The summed E-state index contributed by atoms with van der Waals surface area (Å²) >= 11 is 0. The number of benzene rings is 2. The number of likely N-dealkylation sites (tertiary alicyclic amines) is 1. The fraction of sp³-hybridized carbons (Fsp3) is 0.333. The summed E-state index contributed by atoms with van der Waals surface area (Å²) < 4.78 is 13.4. The average molecular weight is 354 g/mol. The van der Waals surface area contributed by atoms with Crippen LogP contribution in [-0.4, -0.2) is 29.8 Å². The van der Waals surface area contributed by atoms with Crippen molar-refractivity contribution in [3.8, 4) is 0 Å². The van der Waals surface area contributed by atoms with Gasteiger partial charge in [0.1, 0.15) is 5.82 Å². The lowest BCUT2D eigenvalue weighted by Crippen LogP contribution is -2.35. The molecule has 1 aliphatic heterocycles. The highest BCUT2D eigenvalue weighted by atomic mass is 19.1. The third kappa shape index (κ3) is 3.93. The topological polar surface area (TPSA) is 63.4 Å². The van der Waals surface area contributed by atoms with Gasteiger partial charge in [0.05, 0.1) is 5.92 Å². The van der Waals surface area contributed by atoms with E-state index in [2.05, 4.69) is 0 Å². The van der Waals surface area contributed by atoms with Crippen LogP contribution < -0.4 is 5.73 Å². The Morgan fingerprint density at radius 2 is 1.88 bits per heavy atom. The fourth-order valence-corrected chi connectivity index (χ4v) is 3.73. The van der Waals surface area contributed by atoms with Gasteiger partial charge in [-0.15, -0.1) is 0 Å². The number of amides is 2. The molecule has 2 aromatic rings. The van der Waals surface area contributed by atoms with E-state index >= 15 is 0 Å². The second-order valence-corrected chi connectivity index (χ2v) is 7.00. The molecule has 0 aromatic heterocycles. The molecule has 26 heavy (non-hydrogen) atoms. The lowest BCUT2D eigenvalue weighted by molar-refractivity contribution is -0.134. The van der Waals surface area contributed by atoms with Gasteiger partial charge in [0.2, 0.25) is 11.8 Å². The average Bonchev–Trinajstić information content (AvgIpc) is 3.07. The molecular weight excluding hydrogens is 331 g/mol. The quantitative estimate of drug-likeness (QED) is 0.897. The van der Waals surface area contributed by atoms with Crippen molar-refractivity contribution in [3.63, 3.8) is 0 Å². The van der Waals surface area contributed by atoms with Gasteiger partial charge in [0.15, 0.2) is 0 Å².